The first kappa shape index (κ1) is 14.7. The Morgan fingerprint density at radius 1 is 1.45 bits per heavy atom. The van der Waals surface area contributed by atoms with Gasteiger partial charge in [0.25, 0.3) is 6.43 Å². The molecule has 0 bridgehead atoms. The van der Waals surface area contributed by atoms with E-state index in [0.29, 0.717) is 13.0 Å². The number of nitrogens with zero attached hydrogens (tertiary/aromatic N) is 1. The van der Waals surface area contributed by atoms with Crippen molar-refractivity contribution in [3.63, 3.8) is 0 Å². The van der Waals surface area contributed by atoms with Crippen LogP contribution in [0.25, 0.3) is 0 Å². The van der Waals surface area contributed by atoms with Crippen molar-refractivity contribution in [1.82, 2.24) is 4.90 Å². The minimum absolute atomic E-state index is 0.0542. The second-order valence-corrected chi connectivity index (χ2v) is 4.84. The first-order valence-electron chi connectivity index (χ1n) is 6.61. The van der Waals surface area contributed by atoms with Gasteiger partial charge in [0.05, 0.1) is 19.1 Å². The maximum absolute atomic E-state index is 12.5. The van der Waals surface area contributed by atoms with Crippen LogP contribution in [0.5, 0.6) is 0 Å². The lowest BCUT2D eigenvalue weighted by Crippen LogP contribution is -2.44. The predicted molar refractivity (Wildman–Crippen MR) is 71.8 cm³/mol. The number of rotatable bonds is 5. The molecule has 0 aromatic heterocycles. The van der Waals surface area contributed by atoms with Gasteiger partial charge in [-0.1, -0.05) is 18.2 Å². The summed E-state index contributed by atoms with van der Waals surface area (Å²) in [6, 6.07) is 7.65. The molecule has 0 radical (unpaired) electrons. The Morgan fingerprint density at radius 3 is 2.90 bits per heavy atom. The van der Waals surface area contributed by atoms with Gasteiger partial charge < -0.3 is 15.3 Å². The molecule has 1 amide bonds. The van der Waals surface area contributed by atoms with Crippen LogP contribution in [0.4, 0.5) is 14.5 Å². The van der Waals surface area contributed by atoms with Crippen molar-refractivity contribution < 1.29 is 18.7 Å². The number of anilines is 1. The number of aliphatic hydroxyl groups excluding tert-OH is 1. The van der Waals surface area contributed by atoms with E-state index in [0.717, 1.165) is 16.2 Å². The normalized spacial score (nSPS) is 17.5. The Balaban J connectivity index is 2.05. The molecule has 0 saturated carbocycles. The summed E-state index contributed by atoms with van der Waals surface area (Å²) < 4.78 is 25.0. The largest absolute Gasteiger partial charge is 0.395 e. The van der Waals surface area contributed by atoms with E-state index in [9.17, 15) is 13.6 Å². The highest BCUT2D eigenvalue weighted by molar-refractivity contribution is 5.81. The van der Waals surface area contributed by atoms with Crippen molar-refractivity contribution >= 4 is 11.6 Å². The number of aliphatic hydroxyl groups is 1. The summed E-state index contributed by atoms with van der Waals surface area (Å²) in [6.07, 6.45) is -2.05. The van der Waals surface area contributed by atoms with Crippen LogP contribution in [0.2, 0.25) is 0 Å². The topological polar surface area (TPSA) is 52.6 Å². The summed E-state index contributed by atoms with van der Waals surface area (Å²) in [4.78, 5) is 13.3. The van der Waals surface area contributed by atoms with Crippen LogP contribution in [0.1, 0.15) is 5.56 Å². The third kappa shape index (κ3) is 3.45. The minimum Gasteiger partial charge on any atom is -0.395 e. The number of amides is 1. The highest BCUT2D eigenvalue weighted by atomic mass is 19.3. The van der Waals surface area contributed by atoms with Crippen LogP contribution in [-0.4, -0.2) is 48.6 Å². The van der Waals surface area contributed by atoms with Crippen LogP contribution in [-0.2, 0) is 11.2 Å². The van der Waals surface area contributed by atoms with Gasteiger partial charge in [0.1, 0.15) is 0 Å². The molecule has 2 rings (SSSR count). The lowest BCUT2D eigenvalue weighted by atomic mass is 9.93. The van der Waals surface area contributed by atoms with Gasteiger partial charge in [-0.05, 0) is 18.1 Å². The molecule has 4 nitrogen and oxygen atoms in total. The Labute approximate surface area is 116 Å². The predicted octanol–water partition coefficient (Wildman–Crippen LogP) is 1.36. The average molecular weight is 284 g/mol. The van der Waals surface area contributed by atoms with Gasteiger partial charge in [0, 0.05) is 18.8 Å². The molecule has 1 heterocycles. The van der Waals surface area contributed by atoms with Gasteiger partial charge in [0.15, 0.2) is 0 Å². The second-order valence-electron chi connectivity index (χ2n) is 4.84. The van der Waals surface area contributed by atoms with Gasteiger partial charge in [-0.15, -0.1) is 0 Å². The van der Waals surface area contributed by atoms with E-state index in [4.69, 9.17) is 5.11 Å². The summed E-state index contributed by atoms with van der Waals surface area (Å²) in [6.45, 7) is -0.560. The van der Waals surface area contributed by atoms with Crippen molar-refractivity contribution in [3.05, 3.63) is 29.8 Å². The molecular weight excluding hydrogens is 266 g/mol. The highest BCUT2D eigenvalue weighted by Crippen LogP contribution is 2.25. The standard InChI is InChI=1S/C14H18F2N2O2/c15-13(16)9-18(5-6-19)14(20)11-7-10-3-1-2-4-12(10)17-8-11/h1-4,11,13,17,19H,5-9H2. The van der Waals surface area contributed by atoms with Gasteiger partial charge >= 0.3 is 0 Å². The summed E-state index contributed by atoms with van der Waals surface area (Å²) >= 11 is 0. The zero-order chi connectivity index (χ0) is 14.5. The molecule has 0 fully saturated rings. The lowest BCUT2D eigenvalue weighted by molar-refractivity contribution is -0.137. The van der Waals surface area contributed by atoms with Crippen molar-refractivity contribution in [1.29, 1.82) is 0 Å². The Kier molecular flexibility index (Phi) is 4.89. The number of carbonyl (C=O) groups is 1. The average Bonchev–Trinajstić information content (AvgIpc) is 2.45. The molecule has 0 saturated heterocycles. The summed E-state index contributed by atoms with van der Waals surface area (Å²) in [5.74, 6) is -0.698. The number of halogens is 2. The first-order chi connectivity index (χ1) is 9.61. The van der Waals surface area contributed by atoms with E-state index in [2.05, 4.69) is 5.32 Å². The van der Waals surface area contributed by atoms with Crippen molar-refractivity contribution in [2.24, 2.45) is 5.92 Å². The Morgan fingerprint density at radius 2 is 2.20 bits per heavy atom. The molecule has 1 aromatic carbocycles. The molecule has 1 aliphatic heterocycles. The smallest absolute Gasteiger partial charge is 0.255 e. The van der Waals surface area contributed by atoms with Crippen molar-refractivity contribution in [2.45, 2.75) is 12.8 Å². The second kappa shape index (κ2) is 6.65. The Hall–Kier alpha value is -1.69. The fourth-order valence-corrected chi connectivity index (χ4v) is 2.45. The monoisotopic (exact) mass is 284 g/mol. The molecule has 6 heteroatoms. The zero-order valence-corrected chi connectivity index (χ0v) is 11.1. The molecule has 1 unspecified atom stereocenters. The van der Waals surface area contributed by atoms with E-state index < -0.39 is 13.0 Å². The van der Waals surface area contributed by atoms with Crippen LogP contribution in [0.15, 0.2) is 24.3 Å². The van der Waals surface area contributed by atoms with Gasteiger partial charge in [-0.3, -0.25) is 4.79 Å². The van der Waals surface area contributed by atoms with E-state index >= 15 is 0 Å². The van der Waals surface area contributed by atoms with Crippen LogP contribution < -0.4 is 5.32 Å². The van der Waals surface area contributed by atoms with Crippen LogP contribution in [0, 0.1) is 5.92 Å². The fraction of sp³-hybridized carbons (Fsp3) is 0.500. The van der Waals surface area contributed by atoms with Gasteiger partial charge in [0.2, 0.25) is 5.91 Å². The maximum atomic E-state index is 12.5. The summed E-state index contributed by atoms with van der Waals surface area (Å²) in [7, 11) is 0. The highest BCUT2D eigenvalue weighted by Gasteiger charge is 2.29. The van der Waals surface area contributed by atoms with Crippen molar-refractivity contribution in [2.75, 3.05) is 31.6 Å². The SMILES string of the molecule is O=C(C1CNc2ccccc2C1)N(CCO)CC(F)F. The first-order valence-corrected chi connectivity index (χ1v) is 6.61. The van der Waals surface area contributed by atoms with Crippen LogP contribution >= 0.6 is 0 Å². The number of para-hydroxylation sites is 1. The van der Waals surface area contributed by atoms with E-state index in [1.165, 1.54) is 0 Å². The molecule has 0 aliphatic carbocycles. The van der Waals surface area contributed by atoms with Gasteiger partial charge in [-0.2, -0.15) is 0 Å². The lowest BCUT2D eigenvalue weighted by Gasteiger charge is -2.30. The van der Waals surface area contributed by atoms with E-state index in [1.54, 1.807) is 0 Å². The molecule has 1 aromatic rings. The minimum atomic E-state index is -2.59. The molecule has 1 aliphatic rings. The molecular formula is C14H18F2N2O2. The third-order valence-corrected chi connectivity index (χ3v) is 3.41. The van der Waals surface area contributed by atoms with E-state index in [-0.39, 0.29) is 25.0 Å². The summed E-state index contributed by atoms with van der Waals surface area (Å²) in [5.41, 5.74) is 2.00. The number of fused-ring (bicyclic) bond motifs is 1. The summed E-state index contributed by atoms with van der Waals surface area (Å²) in [5, 5.41) is 12.0. The molecule has 0 spiro atoms. The molecule has 2 N–H and O–H groups in total. The number of benzene rings is 1. The van der Waals surface area contributed by atoms with Crippen LogP contribution in [0.3, 0.4) is 0 Å². The maximum Gasteiger partial charge on any atom is 0.255 e. The number of hydrogen-bond donors (Lipinski definition) is 2. The van der Waals surface area contributed by atoms with E-state index in [1.807, 2.05) is 24.3 Å². The number of alkyl halides is 2. The number of hydrogen-bond acceptors (Lipinski definition) is 3. The van der Waals surface area contributed by atoms with Gasteiger partial charge in [-0.25, -0.2) is 8.78 Å². The fourth-order valence-electron chi connectivity index (χ4n) is 2.45. The molecule has 110 valence electrons. The quantitative estimate of drug-likeness (QED) is 0.858. The number of nitrogens with one attached hydrogen (secondary N) is 1. The number of carbonyl (C=O) groups excluding carboxylic acids is 1. The zero-order valence-electron chi connectivity index (χ0n) is 11.1. The third-order valence-electron chi connectivity index (χ3n) is 3.41. The Bertz CT molecular complexity index is 468. The van der Waals surface area contributed by atoms with Crippen molar-refractivity contribution in [3.8, 4) is 0 Å². The molecule has 1 atom stereocenters. The molecule has 20 heavy (non-hydrogen) atoms.